The normalized spacial score (nSPS) is 11.5. The highest BCUT2D eigenvalue weighted by atomic mass is 19.1. The van der Waals surface area contributed by atoms with E-state index in [1.165, 1.54) is 41.2 Å². The molecule has 0 saturated carbocycles. The summed E-state index contributed by atoms with van der Waals surface area (Å²) in [5.74, 6) is 5.24. The Balaban J connectivity index is 1.61. The molecule has 3 aromatic heterocycles. The van der Waals surface area contributed by atoms with Gasteiger partial charge >= 0.3 is 0 Å². The monoisotopic (exact) mass is 495 g/mol. The second-order valence-electron chi connectivity index (χ2n) is 8.04. The SMILES string of the molecule is CC(Nc1ncnc(N)c1C#Cc1ccc(F)cn1)c1nc2c(F)cccc2c(=O)n1-c1ccccc1. The maximum absolute atomic E-state index is 14.7. The highest BCUT2D eigenvalue weighted by Crippen LogP contribution is 2.24. The summed E-state index contributed by atoms with van der Waals surface area (Å²) in [6, 6.07) is 15.2. The van der Waals surface area contributed by atoms with Crippen LogP contribution in [0.1, 0.15) is 30.0 Å². The fourth-order valence-electron chi connectivity index (χ4n) is 3.79. The average Bonchev–Trinajstić information content (AvgIpc) is 2.90. The largest absolute Gasteiger partial charge is 0.382 e. The van der Waals surface area contributed by atoms with Gasteiger partial charge in [-0.05, 0) is 49.2 Å². The molecule has 5 rings (SSSR count). The van der Waals surface area contributed by atoms with Crippen molar-refractivity contribution in [1.29, 1.82) is 0 Å². The Morgan fingerprint density at radius 3 is 2.54 bits per heavy atom. The van der Waals surface area contributed by atoms with Crippen LogP contribution in [-0.2, 0) is 0 Å². The lowest BCUT2D eigenvalue weighted by Crippen LogP contribution is -2.28. The minimum Gasteiger partial charge on any atom is -0.382 e. The lowest BCUT2D eigenvalue weighted by Gasteiger charge is -2.20. The number of anilines is 2. The highest BCUT2D eigenvalue weighted by Gasteiger charge is 2.21. The van der Waals surface area contributed by atoms with Gasteiger partial charge in [-0.3, -0.25) is 9.36 Å². The summed E-state index contributed by atoms with van der Waals surface area (Å²) in [5, 5.41) is 3.33. The summed E-state index contributed by atoms with van der Waals surface area (Å²) in [6.45, 7) is 1.75. The first-order chi connectivity index (χ1) is 17.9. The van der Waals surface area contributed by atoms with Crippen LogP contribution in [0.25, 0.3) is 16.6 Å². The second kappa shape index (κ2) is 9.83. The van der Waals surface area contributed by atoms with E-state index in [9.17, 15) is 13.6 Å². The van der Waals surface area contributed by atoms with Gasteiger partial charge in [-0.25, -0.2) is 28.7 Å². The van der Waals surface area contributed by atoms with E-state index in [0.29, 0.717) is 11.4 Å². The van der Waals surface area contributed by atoms with Crippen LogP contribution < -0.4 is 16.6 Å². The second-order valence-corrected chi connectivity index (χ2v) is 8.04. The number of halogens is 2. The molecule has 0 spiro atoms. The first-order valence-corrected chi connectivity index (χ1v) is 11.2. The van der Waals surface area contributed by atoms with Gasteiger partial charge < -0.3 is 11.1 Å². The predicted octanol–water partition coefficient (Wildman–Crippen LogP) is 4.00. The van der Waals surface area contributed by atoms with Crippen LogP contribution in [0.2, 0.25) is 0 Å². The molecule has 0 amide bonds. The number of nitrogens with two attached hydrogens (primary N) is 1. The van der Waals surface area contributed by atoms with E-state index in [0.717, 1.165) is 6.20 Å². The summed E-state index contributed by atoms with van der Waals surface area (Å²) in [6.07, 6.45) is 2.33. The highest BCUT2D eigenvalue weighted by molar-refractivity contribution is 5.78. The standard InChI is InChI=1S/C27H19F2N7O/c1-16(34-25-21(24(30)32-15-33-25)13-12-18-11-10-17(28)14-31-18)26-35-23-20(8-5-9-22(23)29)27(37)36(26)19-6-3-2-4-7-19/h2-11,14-16H,1H3,(H3,30,32,33,34). The Bertz CT molecular complexity index is 1730. The molecule has 3 N–H and O–H groups in total. The summed E-state index contributed by atoms with van der Waals surface area (Å²) < 4.78 is 29.3. The molecule has 37 heavy (non-hydrogen) atoms. The number of nitrogen functional groups attached to an aromatic ring is 1. The van der Waals surface area contributed by atoms with Crippen molar-refractivity contribution in [3.63, 3.8) is 0 Å². The quantitative estimate of drug-likeness (QED) is 0.363. The topological polar surface area (TPSA) is 112 Å². The van der Waals surface area contributed by atoms with E-state index in [-0.39, 0.29) is 33.9 Å². The van der Waals surface area contributed by atoms with Gasteiger partial charge in [0.15, 0.2) is 0 Å². The molecule has 2 aromatic carbocycles. The summed E-state index contributed by atoms with van der Waals surface area (Å²) in [5.41, 5.74) is 6.80. The molecule has 8 nitrogen and oxygen atoms in total. The lowest BCUT2D eigenvalue weighted by molar-refractivity contribution is 0.621. The zero-order chi connectivity index (χ0) is 25.9. The molecule has 5 aromatic rings. The zero-order valence-corrected chi connectivity index (χ0v) is 19.5. The molecule has 0 radical (unpaired) electrons. The molecule has 0 aliphatic rings. The van der Waals surface area contributed by atoms with Crippen molar-refractivity contribution < 1.29 is 8.78 Å². The first-order valence-electron chi connectivity index (χ1n) is 11.2. The third-order valence-electron chi connectivity index (χ3n) is 5.55. The fraction of sp³-hybridized carbons (Fsp3) is 0.0741. The number of para-hydroxylation sites is 2. The van der Waals surface area contributed by atoms with Crippen molar-refractivity contribution in [1.82, 2.24) is 24.5 Å². The third kappa shape index (κ3) is 4.70. The summed E-state index contributed by atoms with van der Waals surface area (Å²) in [4.78, 5) is 30.2. The van der Waals surface area contributed by atoms with Gasteiger partial charge in [0.1, 0.15) is 52.2 Å². The van der Waals surface area contributed by atoms with Gasteiger partial charge in [0.05, 0.1) is 23.3 Å². The van der Waals surface area contributed by atoms with Crippen LogP contribution in [0.5, 0.6) is 0 Å². The minimum atomic E-state index is -0.643. The van der Waals surface area contributed by atoms with Crippen LogP contribution in [0.15, 0.2) is 78.0 Å². The molecule has 3 heterocycles. The Kier molecular flexibility index (Phi) is 6.26. The Hall–Kier alpha value is -5.17. The van der Waals surface area contributed by atoms with Crippen LogP contribution >= 0.6 is 0 Å². The molecule has 1 atom stereocenters. The van der Waals surface area contributed by atoms with E-state index in [4.69, 9.17) is 5.73 Å². The average molecular weight is 495 g/mol. The van der Waals surface area contributed by atoms with Gasteiger partial charge in [0.2, 0.25) is 0 Å². The molecule has 0 saturated heterocycles. The number of aromatic nitrogens is 5. The number of nitrogens with one attached hydrogen (secondary N) is 1. The van der Waals surface area contributed by atoms with Crippen molar-refractivity contribution in [2.24, 2.45) is 0 Å². The van der Waals surface area contributed by atoms with E-state index < -0.39 is 23.2 Å². The van der Waals surface area contributed by atoms with E-state index in [2.05, 4.69) is 37.1 Å². The summed E-state index contributed by atoms with van der Waals surface area (Å²) >= 11 is 0. The number of hydrogen-bond acceptors (Lipinski definition) is 7. The molecule has 182 valence electrons. The van der Waals surface area contributed by atoms with E-state index in [1.54, 1.807) is 31.2 Å². The van der Waals surface area contributed by atoms with Crippen LogP contribution in [0.4, 0.5) is 20.4 Å². The first kappa shape index (κ1) is 23.6. The predicted molar refractivity (Wildman–Crippen MR) is 136 cm³/mol. The van der Waals surface area contributed by atoms with Crippen LogP contribution in [0.3, 0.4) is 0 Å². The molecule has 0 fully saturated rings. The summed E-state index contributed by atoms with van der Waals surface area (Å²) in [7, 11) is 0. The van der Waals surface area contributed by atoms with Crippen molar-refractivity contribution in [3.8, 4) is 17.5 Å². The van der Waals surface area contributed by atoms with Crippen molar-refractivity contribution in [2.45, 2.75) is 13.0 Å². The van der Waals surface area contributed by atoms with Crippen molar-refractivity contribution in [3.05, 3.63) is 112 Å². The zero-order valence-electron chi connectivity index (χ0n) is 19.5. The maximum Gasteiger partial charge on any atom is 0.266 e. The van der Waals surface area contributed by atoms with Crippen molar-refractivity contribution >= 4 is 22.5 Å². The van der Waals surface area contributed by atoms with Crippen LogP contribution in [0, 0.1) is 23.5 Å². The molecule has 1 unspecified atom stereocenters. The number of fused-ring (bicyclic) bond motifs is 1. The van der Waals surface area contributed by atoms with Crippen molar-refractivity contribution in [2.75, 3.05) is 11.1 Å². The van der Waals surface area contributed by atoms with Gasteiger partial charge in [0.25, 0.3) is 5.56 Å². The minimum absolute atomic E-state index is 0.0343. The number of nitrogens with zero attached hydrogens (tertiary/aromatic N) is 5. The van der Waals surface area contributed by atoms with E-state index >= 15 is 0 Å². The van der Waals surface area contributed by atoms with Gasteiger partial charge in [-0.2, -0.15) is 0 Å². The Morgan fingerprint density at radius 2 is 1.78 bits per heavy atom. The number of benzene rings is 2. The van der Waals surface area contributed by atoms with Crippen LogP contribution in [-0.4, -0.2) is 24.5 Å². The smallest absolute Gasteiger partial charge is 0.266 e. The lowest BCUT2D eigenvalue weighted by atomic mass is 10.2. The van der Waals surface area contributed by atoms with E-state index in [1.807, 2.05) is 6.07 Å². The Morgan fingerprint density at radius 1 is 0.973 bits per heavy atom. The maximum atomic E-state index is 14.7. The molecular weight excluding hydrogens is 476 g/mol. The molecule has 0 bridgehead atoms. The number of pyridine rings is 1. The number of hydrogen-bond donors (Lipinski definition) is 2. The molecule has 0 aliphatic heterocycles. The Labute approximate surface area is 209 Å². The molecule has 10 heteroatoms. The fourth-order valence-corrected chi connectivity index (χ4v) is 3.79. The number of rotatable bonds is 4. The molecular formula is C27H19F2N7O. The van der Waals surface area contributed by atoms with Gasteiger partial charge in [-0.1, -0.05) is 30.2 Å². The third-order valence-corrected chi connectivity index (χ3v) is 5.55. The molecule has 0 aliphatic carbocycles. The van der Waals surface area contributed by atoms with Gasteiger partial charge in [0, 0.05) is 0 Å². The van der Waals surface area contributed by atoms with Gasteiger partial charge in [-0.15, -0.1) is 0 Å².